The van der Waals surface area contributed by atoms with Crippen LogP contribution in [-0.2, 0) is 20.1 Å². The highest BCUT2D eigenvalue weighted by Crippen LogP contribution is 2.08. The number of nitrogens with zero attached hydrogens (tertiary/aromatic N) is 3. The van der Waals surface area contributed by atoms with Crippen LogP contribution in [0.4, 0.5) is 0 Å². The molecule has 2 rings (SSSR count). The predicted molar refractivity (Wildman–Crippen MR) is 111 cm³/mol. The predicted octanol–water partition coefficient (Wildman–Crippen LogP) is 2.76. The number of aliphatic imine (C=N–C) groups is 1. The molecule has 0 aliphatic rings. The molecule has 0 bridgehead atoms. The molecule has 0 unspecified atom stereocenters. The van der Waals surface area contributed by atoms with Gasteiger partial charge in [-0.25, -0.2) is 4.99 Å². The zero-order valence-corrected chi connectivity index (χ0v) is 16.8. The number of benzene rings is 1. The summed E-state index contributed by atoms with van der Waals surface area (Å²) in [5.74, 6) is 0.815. The van der Waals surface area contributed by atoms with Gasteiger partial charge >= 0.3 is 0 Å². The first-order valence-electron chi connectivity index (χ1n) is 9.52. The minimum Gasteiger partial charge on any atom is -0.357 e. The molecule has 0 saturated heterocycles. The van der Waals surface area contributed by atoms with E-state index in [4.69, 9.17) is 4.99 Å². The van der Waals surface area contributed by atoms with Crippen molar-refractivity contribution in [2.75, 3.05) is 20.1 Å². The Morgan fingerprint density at radius 2 is 2.00 bits per heavy atom. The molecular weight excluding hydrogens is 338 g/mol. The van der Waals surface area contributed by atoms with E-state index in [0.29, 0.717) is 18.7 Å². The number of hydrogen-bond donors (Lipinski definition) is 2. The number of hydrogen-bond acceptors (Lipinski definition) is 2. The smallest absolute Gasteiger partial charge is 0.251 e. The Morgan fingerprint density at radius 3 is 2.67 bits per heavy atom. The molecule has 0 atom stereocenters. The maximum atomic E-state index is 12.1. The normalized spacial score (nSPS) is 11.3. The van der Waals surface area contributed by atoms with Gasteiger partial charge in [0, 0.05) is 44.6 Å². The van der Waals surface area contributed by atoms with Crippen LogP contribution in [0.3, 0.4) is 0 Å². The molecule has 0 saturated carbocycles. The molecule has 0 fully saturated rings. The summed E-state index contributed by atoms with van der Waals surface area (Å²) >= 11 is 0. The van der Waals surface area contributed by atoms with Crippen LogP contribution in [0, 0.1) is 0 Å². The first-order chi connectivity index (χ1) is 13.0. The average molecular weight is 370 g/mol. The van der Waals surface area contributed by atoms with Crippen molar-refractivity contribution in [3.63, 3.8) is 0 Å². The van der Waals surface area contributed by atoms with Gasteiger partial charge in [-0.15, -0.1) is 0 Å². The molecule has 0 aliphatic carbocycles. The summed E-state index contributed by atoms with van der Waals surface area (Å²) in [5, 5.41) is 6.25. The lowest BCUT2D eigenvalue weighted by atomic mass is 10.1. The van der Waals surface area contributed by atoms with Gasteiger partial charge in [0.2, 0.25) is 0 Å². The summed E-state index contributed by atoms with van der Waals surface area (Å²) in [5.41, 5.74) is 2.91. The van der Waals surface area contributed by atoms with Gasteiger partial charge in [0.05, 0.1) is 13.1 Å². The fourth-order valence-corrected chi connectivity index (χ4v) is 2.77. The maximum Gasteiger partial charge on any atom is 0.251 e. The van der Waals surface area contributed by atoms with Crippen molar-refractivity contribution in [1.29, 1.82) is 0 Å². The molecular formula is C21H31N5O. The summed E-state index contributed by atoms with van der Waals surface area (Å²) in [7, 11) is 4.07. The molecule has 27 heavy (non-hydrogen) atoms. The summed E-state index contributed by atoms with van der Waals surface area (Å²) in [6, 6.07) is 11.8. The third-order valence-electron chi connectivity index (χ3n) is 4.28. The van der Waals surface area contributed by atoms with Gasteiger partial charge < -0.3 is 20.1 Å². The molecule has 2 N–H and O–H groups in total. The number of carbonyl (C=O) groups is 1. The average Bonchev–Trinajstić information content (AvgIpc) is 3.07. The Hall–Kier alpha value is -2.76. The van der Waals surface area contributed by atoms with Crippen molar-refractivity contribution in [1.82, 2.24) is 20.1 Å². The molecule has 1 aromatic heterocycles. The summed E-state index contributed by atoms with van der Waals surface area (Å²) in [6.45, 7) is 6.89. The van der Waals surface area contributed by atoms with Crippen LogP contribution in [0.1, 0.15) is 41.9 Å². The van der Waals surface area contributed by atoms with Crippen LogP contribution in [-0.4, -0.2) is 41.5 Å². The largest absolute Gasteiger partial charge is 0.357 e. The van der Waals surface area contributed by atoms with Gasteiger partial charge in [0.25, 0.3) is 5.91 Å². The molecule has 0 aliphatic heterocycles. The van der Waals surface area contributed by atoms with E-state index in [0.717, 1.165) is 31.0 Å². The fourth-order valence-electron chi connectivity index (χ4n) is 2.77. The Bertz CT molecular complexity index is 765. The molecule has 0 radical (unpaired) electrons. The molecule has 6 nitrogen and oxygen atoms in total. The second kappa shape index (κ2) is 10.4. The van der Waals surface area contributed by atoms with Crippen LogP contribution in [0.25, 0.3) is 0 Å². The lowest BCUT2D eigenvalue weighted by Crippen LogP contribution is -2.38. The van der Waals surface area contributed by atoms with E-state index in [2.05, 4.69) is 33.1 Å². The SMILES string of the molecule is CCCNC(=O)c1cccc(CN=C(NCC)N(C)Cc2cccn2C)c1. The van der Waals surface area contributed by atoms with Gasteiger partial charge in [-0.3, -0.25) is 4.79 Å². The van der Waals surface area contributed by atoms with Gasteiger partial charge in [-0.05, 0) is 43.2 Å². The van der Waals surface area contributed by atoms with E-state index in [1.165, 1.54) is 5.69 Å². The van der Waals surface area contributed by atoms with E-state index >= 15 is 0 Å². The Morgan fingerprint density at radius 1 is 1.19 bits per heavy atom. The number of aromatic nitrogens is 1. The first-order valence-corrected chi connectivity index (χ1v) is 9.52. The highest BCUT2D eigenvalue weighted by Gasteiger charge is 2.09. The Balaban J connectivity index is 2.07. The lowest BCUT2D eigenvalue weighted by Gasteiger charge is -2.22. The van der Waals surface area contributed by atoms with Crippen LogP contribution in [0.2, 0.25) is 0 Å². The number of guanidine groups is 1. The molecule has 2 aromatic rings. The highest BCUT2D eigenvalue weighted by molar-refractivity contribution is 5.94. The Kier molecular flexibility index (Phi) is 7.92. The second-order valence-electron chi connectivity index (χ2n) is 6.59. The van der Waals surface area contributed by atoms with Crippen molar-refractivity contribution in [2.24, 2.45) is 12.0 Å². The highest BCUT2D eigenvalue weighted by atomic mass is 16.1. The van der Waals surface area contributed by atoms with Crippen molar-refractivity contribution in [3.05, 3.63) is 59.4 Å². The molecule has 0 spiro atoms. The van der Waals surface area contributed by atoms with Gasteiger partial charge in [0.15, 0.2) is 5.96 Å². The van der Waals surface area contributed by atoms with Crippen LogP contribution < -0.4 is 10.6 Å². The monoisotopic (exact) mass is 369 g/mol. The van der Waals surface area contributed by atoms with Crippen LogP contribution >= 0.6 is 0 Å². The number of carbonyl (C=O) groups excluding carboxylic acids is 1. The van der Waals surface area contributed by atoms with Crippen LogP contribution in [0.5, 0.6) is 0 Å². The van der Waals surface area contributed by atoms with Gasteiger partial charge in [0.1, 0.15) is 0 Å². The van der Waals surface area contributed by atoms with E-state index < -0.39 is 0 Å². The van der Waals surface area contributed by atoms with E-state index in [9.17, 15) is 4.79 Å². The van der Waals surface area contributed by atoms with Gasteiger partial charge in [-0.1, -0.05) is 19.1 Å². The van der Waals surface area contributed by atoms with E-state index in [-0.39, 0.29) is 5.91 Å². The number of nitrogens with one attached hydrogen (secondary N) is 2. The summed E-state index contributed by atoms with van der Waals surface area (Å²) in [6.07, 6.45) is 2.97. The molecule has 6 heteroatoms. The van der Waals surface area contributed by atoms with Crippen molar-refractivity contribution in [3.8, 4) is 0 Å². The first kappa shape index (κ1) is 20.6. The third kappa shape index (κ3) is 6.16. The second-order valence-corrected chi connectivity index (χ2v) is 6.59. The minimum atomic E-state index is -0.0320. The zero-order valence-electron chi connectivity index (χ0n) is 16.8. The number of aryl methyl sites for hydroxylation is 1. The van der Waals surface area contributed by atoms with Crippen molar-refractivity contribution < 1.29 is 4.79 Å². The van der Waals surface area contributed by atoms with Crippen LogP contribution in [0.15, 0.2) is 47.6 Å². The molecule has 146 valence electrons. The van der Waals surface area contributed by atoms with Gasteiger partial charge in [-0.2, -0.15) is 0 Å². The summed E-state index contributed by atoms with van der Waals surface area (Å²) < 4.78 is 2.11. The quantitative estimate of drug-likeness (QED) is 0.556. The lowest BCUT2D eigenvalue weighted by molar-refractivity contribution is 0.0953. The van der Waals surface area contributed by atoms with Crippen molar-refractivity contribution in [2.45, 2.75) is 33.4 Å². The Labute approximate surface area is 162 Å². The molecule has 1 aromatic carbocycles. The number of rotatable bonds is 8. The number of amides is 1. The molecule has 1 amide bonds. The standard InChI is InChI=1S/C21H31N5O/c1-5-12-23-20(27)18-10-7-9-17(14-18)15-24-21(22-6-2)26(4)16-19-11-8-13-25(19)3/h7-11,13-14H,5-6,12,15-16H2,1-4H3,(H,22,24)(H,23,27). The fraction of sp³-hybridized carbons (Fsp3) is 0.429. The topological polar surface area (TPSA) is 61.7 Å². The maximum absolute atomic E-state index is 12.1. The third-order valence-corrected chi connectivity index (χ3v) is 4.28. The molecule has 1 heterocycles. The van der Waals surface area contributed by atoms with E-state index in [1.54, 1.807) is 0 Å². The summed E-state index contributed by atoms with van der Waals surface area (Å²) in [4.78, 5) is 19.0. The van der Waals surface area contributed by atoms with E-state index in [1.807, 2.05) is 57.5 Å². The zero-order chi connectivity index (χ0) is 19.6. The minimum absolute atomic E-state index is 0.0320. The van der Waals surface area contributed by atoms with Crippen molar-refractivity contribution >= 4 is 11.9 Å².